The number of anilines is 1. The van der Waals surface area contributed by atoms with Crippen molar-refractivity contribution in [3.63, 3.8) is 0 Å². The van der Waals surface area contributed by atoms with E-state index in [0.29, 0.717) is 5.69 Å². The van der Waals surface area contributed by atoms with Gasteiger partial charge in [0.2, 0.25) is 5.91 Å². The Kier molecular flexibility index (Phi) is 2.59. The number of hydrogen-bond acceptors (Lipinski definition) is 3. The number of non-ortho nitro benzene ring substituents is 1. The summed E-state index contributed by atoms with van der Waals surface area (Å²) in [4.78, 5) is 20.4. The molecule has 0 saturated heterocycles. The van der Waals surface area contributed by atoms with Gasteiger partial charge in [-0.3, -0.25) is 14.9 Å². The van der Waals surface area contributed by atoms with Gasteiger partial charge in [-0.2, -0.15) is 0 Å². The van der Waals surface area contributed by atoms with Gasteiger partial charge in [0.1, 0.15) is 0 Å². The standard InChI is InChI=1S/C8H8N2O3/c1-6(11)9-7-3-2-4-8(5-7)10(12)13/h2-5H,1H3,(H,9,11)/i2+2,3+2,4+2,5+2,7+2,8+2. The lowest BCUT2D eigenvalue weighted by Gasteiger charge is -1.99. The molecule has 1 aromatic rings. The van der Waals surface area contributed by atoms with E-state index in [-0.39, 0.29) is 11.6 Å². The molecule has 0 atom stereocenters. The van der Waals surface area contributed by atoms with E-state index in [1.807, 2.05) is 0 Å². The highest BCUT2D eigenvalue weighted by Gasteiger charge is 2.05. The first-order valence-electron chi connectivity index (χ1n) is 3.61. The van der Waals surface area contributed by atoms with Crippen molar-refractivity contribution in [3.05, 3.63) is 34.4 Å². The van der Waals surface area contributed by atoms with Crippen LogP contribution in [0.1, 0.15) is 6.92 Å². The number of rotatable bonds is 2. The summed E-state index contributed by atoms with van der Waals surface area (Å²) in [5.41, 5.74) is 0.396. The molecule has 0 unspecified atom stereocenters. The molecular weight excluding hydrogens is 184 g/mol. The maximum absolute atomic E-state index is 10.6. The number of amides is 1. The molecule has 1 aromatic carbocycles. The van der Waals surface area contributed by atoms with Crippen LogP contribution in [0.4, 0.5) is 11.4 Å². The third-order valence-corrected chi connectivity index (χ3v) is 1.38. The Bertz CT molecular complexity index is 349. The van der Waals surface area contributed by atoms with Crippen molar-refractivity contribution in [1.82, 2.24) is 0 Å². The maximum atomic E-state index is 10.6. The summed E-state index contributed by atoms with van der Waals surface area (Å²) in [5.74, 6) is -0.250. The van der Waals surface area contributed by atoms with Crippen LogP contribution in [0.15, 0.2) is 24.3 Å². The van der Waals surface area contributed by atoms with Gasteiger partial charge in [-0.25, -0.2) is 0 Å². The quantitative estimate of drug-likeness (QED) is 0.570. The predicted molar refractivity (Wildman–Crippen MR) is 47.4 cm³/mol. The molecular formula is C8H8N2O3. The molecule has 0 aliphatic carbocycles. The highest BCUT2D eigenvalue weighted by molar-refractivity contribution is 5.88. The van der Waals surface area contributed by atoms with Crippen molar-refractivity contribution in [2.75, 3.05) is 5.32 Å². The van der Waals surface area contributed by atoms with Crippen molar-refractivity contribution in [3.8, 4) is 0 Å². The van der Waals surface area contributed by atoms with Crippen molar-refractivity contribution in [1.29, 1.82) is 0 Å². The molecule has 5 nitrogen and oxygen atoms in total. The SMILES string of the molecule is CC(=O)N[14c]1[14cH][14cH][14cH][14c]([N+](=O)[O-])[14cH]1. The first kappa shape index (κ1) is 9.18. The van der Waals surface area contributed by atoms with Crippen molar-refractivity contribution in [2.24, 2.45) is 0 Å². The van der Waals surface area contributed by atoms with Gasteiger partial charge in [0.15, 0.2) is 0 Å². The molecule has 1 rings (SSSR count). The van der Waals surface area contributed by atoms with Crippen molar-refractivity contribution >= 4 is 17.3 Å². The first-order chi connectivity index (χ1) is 6.09. The summed E-state index contributed by atoms with van der Waals surface area (Å²) < 4.78 is 0. The Morgan fingerprint density at radius 3 is 2.77 bits per heavy atom. The summed E-state index contributed by atoms with van der Waals surface area (Å²) in [6.45, 7) is 1.35. The zero-order valence-electron chi connectivity index (χ0n) is 6.98. The van der Waals surface area contributed by atoms with E-state index in [4.69, 9.17) is 0 Å². The van der Waals surface area contributed by atoms with Crippen molar-refractivity contribution < 1.29 is 9.72 Å². The van der Waals surface area contributed by atoms with Gasteiger partial charge in [0, 0.05) is 24.7 Å². The fourth-order valence-corrected chi connectivity index (χ4v) is 0.900. The first-order valence-corrected chi connectivity index (χ1v) is 3.61. The molecule has 0 bridgehead atoms. The number of nitrogens with one attached hydrogen (secondary N) is 1. The van der Waals surface area contributed by atoms with Gasteiger partial charge in [-0.05, 0) is 6.07 Å². The molecule has 0 aliphatic heterocycles. The average molecular weight is 192 g/mol. The van der Waals surface area contributed by atoms with Gasteiger partial charge < -0.3 is 5.32 Å². The zero-order valence-corrected chi connectivity index (χ0v) is 6.98. The second-order valence-corrected chi connectivity index (χ2v) is 2.49. The van der Waals surface area contributed by atoms with Crippen LogP contribution < -0.4 is 5.32 Å². The van der Waals surface area contributed by atoms with E-state index in [1.54, 1.807) is 6.07 Å². The third kappa shape index (κ3) is 2.55. The number of carbonyl (C=O) groups is 1. The molecule has 0 spiro atoms. The van der Waals surface area contributed by atoms with E-state index in [9.17, 15) is 14.9 Å². The molecule has 0 aromatic heterocycles. The van der Waals surface area contributed by atoms with Gasteiger partial charge in [0.25, 0.3) is 5.69 Å². The zero-order chi connectivity index (χ0) is 9.84. The molecule has 1 amide bonds. The van der Waals surface area contributed by atoms with Crippen LogP contribution in [0.2, 0.25) is 0 Å². The lowest BCUT2D eigenvalue weighted by Crippen LogP contribution is -2.05. The van der Waals surface area contributed by atoms with Crippen LogP contribution in [0.5, 0.6) is 0 Å². The summed E-state index contributed by atoms with van der Waals surface area (Å²) >= 11 is 0. The monoisotopic (exact) mass is 192 g/mol. The predicted octanol–water partition coefficient (Wildman–Crippen LogP) is 1.55. The van der Waals surface area contributed by atoms with Crippen LogP contribution in [0.3, 0.4) is 0 Å². The van der Waals surface area contributed by atoms with Crippen molar-refractivity contribution in [2.45, 2.75) is 6.92 Å². The Morgan fingerprint density at radius 1 is 1.54 bits per heavy atom. The molecule has 1 N–H and O–H groups in total. The number of nitro groups is 1. The smallest absolute Gasteiger partial charge is 0.271 e. The average Bonchev–Trinajstić information content (AvgIpc) is 2.03. The molecule has 13 heavy (non-hydrogen) atoms. The van der Waals surface area contributed by atoms with E-state index in [1.165, 1.54) is 25.1 Å². The molecule has 0 aliphatic rings. The largest absolute Gasteiger partial charge is 0.326 e. The molecule has 5 heteroatoms. The number of carbonyl (C=O) groups excluding carboxylic acids is 1. The Hall–Kier alpha value is -1.91. The number of hydrogen-bond donors (Lipinski definition) is 1. The Balaban J connectivity index is 2.91. The number of nitro benzene ring substituents is 1. The third-order valence-electron chi connectivity index (χ3n) is 1.38. The minimum Gasteiger partial charge on any atom is -0.326 e. The van der Waals surface area contributed by atoms with E-state index in [2.05, 4.69) is 5.32 Å². The van der Waals surface area contributed by atoms with Crippen LogP contribution in [-0.2, 0) is 4.79 Å². The number of benzene rings is 1. The Morgan fingerprint density at radius 2 is 2.23 bits per heavy atom. The normalized spacial score (nSPS) is 9.31. The summed E-state index contributed by atoms with van der Waals surface area (Å²) in [7, 11) is 0. The molecule has 0 heterocycles. The molecule has 0 fully saturated rings. The van der Waals surface area contributed by atoms with Crippen LogP contribution in [0, 0.1) is 10.1 Å². The Labute approximate surface area is 74.5 Å². The van der Waals surface area contributed by atoms with E-state index in [0.717, 1.165) is 0 Å². The minimum atomic E-state index is -0.509. The minimum absolute atomic E-state index is 0.0359. The van der Waals surface area contributed by atoms with Crippen LogP contribution in [-0.4, -0.2) is 10.8 Å². The van der Waals surface area contributed by atoms with Gasteiger partial charge in [-0.1, -0.05) is 6.07 Å². The fourth-order valence-electron chi connectivity index (χ4n) is 0.900. The lowest BCUT2D eigenvalue weighted by atomic mass is 10.8. The van der Waals surface area contributed by atoms with E-state index < -0.39 is 4.92 Å². The molecule has 68 valence electrons. The van der Waals surface area contributed by atoms with E-state index >= 15 is 0 Å². The van der Waals surface area contributed by atoms with Gasteiger partial charge in [0.05, 0.1) is 4.92 Å². The summed E-state index contributed by atoms with van der Waals surface area (Å²) in [6.07, 6.45) is 0. The van der Waals surface area contributed by atoms with Crippen LogP contribution in [0.25, 0.3) is 0 Å². The highest BCUT2D eigenvalue weighted by Crippen LogP contribution is 2.16. The second-order valence-electron chi connectivity index (χ2n) is 2.49. The molecule has 0 saturated carbocycles. The molecule has 0 radical (unpaired) electrons. The lowest BCUT2D eigenvalue weighted by molar-refractivity contribution is -0.384. The number of nitrogens with zero attached hydrogens (tertiary/aromatic N) is 1. The van der Waals surface area contributed by atoms with Gasteiger partial charge in [-0.15, -0.1) is 0 Å². The maximum Gasteiger partial charge on any atom is 0.271 e. The van der Waals surface area contributed by atoms with Crippen LogP contribution >= 0.6 is 0 Å². The fraction of sp³-hybridized carbons (Fsp3) is 0.125. The summed E-state index contributed by atoms with van der Waals surface area (Å²) in [5, 5.41) is 12.8. The highest BCUT2D eigenvalue weighted by atomic mass is 16.7. The van der Waals surface area contributed by atoms with Gasteiger partial charge >= 0.3 is 0 Å². The topological polar surface area (TPSA) is 72.2 Å². The second kappa shape index (κ2) is 3.66. The summed E-state index contributed by atoms with van der Waals surface area (Å²) in [6, 6.07) is 5.78.